The lowest BCUT2D eigenvalue weighted by molar-refractivity contribution is 0.0949. The van der Waals surface area contributed by atoms with Gasteiger partial charge in [0.2, 0.25) is 0 Å². The van der Waals surface area contributed by atoms with Crippen LogP contribution in [0.3, 0.4) is 0 Å². The number of alkyl halides is 1. The average Bonchev–Trinajstić information content (AvgIpc) is 2.56. The van der Waals surface area contributed by atoms with Crippen molar-refractivity contribution in [3.8, 4) is 0 Å². The molecule has 0 aliphatic rings. The van der Waals surface area contributed by atoms with Crippen molar-refractivity contribution in [2.45, 2.75) is 6.42 Å². The molecule has 1 heterocycles. The van der Waals surface area contributed by atoms with Gasteiger partial charge in [0.15, 0.2) is 5.69 Å². The highest BCUT2D eigenvalue weighted by Gasteiger charge is 2.06. The molecule has 0 radical (unpaired) electrons. The monoisotopic (exact) mass is 297 g/mol. The first-order valence-electron chi connectivity index (χ1n) is 3.46. The maximum atomic E-state index is 11.2. The predicted molar refractivity (Wildman–Crippen MR) is 55.7 cm³/mol. The topological polar surface area (TPSA) is 54.9 Å². The largest absolute Gasteiger partial charge is 0.351 e. The van der Waals surface area contributed by atoms with Gasteiger partial charge in [-0.2, -0.15) is 0 Å². The molecule has 0 spiro atoms. The maximum absolute atomic E-state index is 11.2. The summed E-state index contributed by atoms with van der Waals surface area (Å²) in [5, 5.41) is 8.03. The van der Waals surface area contributed by atoms with Crippen molar-refractivity contribution in [2.75, 3.05) is 11.0 Å². The van der Waals surface area contributed by atoms with Crippen LogP contribution in [0.25, 0.3) is 0 Å². The Balaban J connectivity index is 2.30. The van der Waals surface area contributed by atoms with Crippen LogP contribution in [0.1, 0.15) is 16.9 Å². The van der Waals surface area contributed by atoms with Gasteiger partial charge in [-0.25, -0.2) is 0 Å². The second kappa shape index (κ2) is 5.41. The molecule has 12 heavy (non-hydrogen) atoms. The van der Waals surface area contributed by atoms with E-state index in [2.05, 4.69) is 37.5 Å². The number of nitrogens with zero attached hydrogens (tertiary/aromatic N) is 2. The summed E-state index contributed by atoms with van der Waals surface area (Å²) in [4.78, 5) is 11.2. The molecule has 0 saturated carbocycles. The third-order valence-electron chi connectivity index (χ3n) is 1.19. The van der Waals surface area contributed by atoms with E-state index in [1.54, 1.807) is 5.38 Å². The molecular weight excluding hydrogens is 289 g/mol. The van der Waals surface area contributed by atoms with Crippen molar-refractivity contribution in [3.05, 3.63) is 11.1 Å². The van der Waals surface area contributed by atoms with Gasteiger partial charge in [0.25, 0.3) is 5.91 Å². The summed E-state index contributed by atoms with van der Waals surface area (Å²) in [6.07, 6.45) is 0.990. The normalized spacial score (nSPS) is 9.75. The minimum absolute atomic E-state index is 0.131. The fourth-order valence-corrected chi connectivity index (χ4v) is 1.44. The minimum Gasteiger partial charge on any atom is -0.351 e. The first-order chi connectivity index (χ1) is 5.84. The molecule has 1 amide bonds. The summed E-state index contributed by atoms with van der Waals surface area (Å²) < 4.78 is 4.65. The third-order valence-corrected chi connectivity index (χ3v) is 2.46. The Morgan fingerprint density at radius 1 is 1.75 bits per heavy atom. The van der Waals surface area contributed by atoms with Crippen LogP contribution in [0.4, 0.5) is 0 Å². The Morgan fingerprint density at radius 3 is 3.17 bits per heavy atom. The smallest absolute Gasteiger partial charge is 0.272 e. The number of aromatic nitrogens is 2. The molecule has 1 aromatic heterocycles. The lowest BCUT2D eigenvalue weighted by Gasteiger charge is -1.98. The molecule has 1 rings (SSSR count). The fraction of sp³-hybridized carbons (Fsp3) is 0.500. The van der Waals surface area contributed by atoms with Gasteiger partial charge in [-0.1, -0.05) is 27.1 Å². The highest BCUT2D eigenvalue weighted by atomic mass is 127. The van der Waals surface area contributed by atoms with E-state index in [1.165, 1.54) is 11.5 Å². The van der Waals surface area contributed by atoms with E-state index in [4.69, 9.17) is 0 Å². The summed E-state index contributed by atoms with van der Waals surface area (Å²) in [6.45, 7) is 0.708. The molecule has 0 saturated heterocycles. The van der Waals surface area contributed by atoms with Crippen LogP contribution < -0.4 is 5.32 Å². The van der Waals surface area contributed by atoms with Crippen molar-refractivity contribution in [2.24, 2.45) is 0 Å². The Morgan fingerprint density at radius 2 is 2.58 bits per heavy atom. The summed E-state index contributed by atoms with van der Waals surface area (Å²) in [7, 11) is 0. The zero-order valence-electron chi connectivity index (χ0n) is 6.29. The molecule has 0 aliphatic heterocycles. The van der Waals surface area contributed by atoms with Gasteiger partial charge in [-0.15, -0.1) is 5.10 Å². The van der Waals surface area contributed by atoms with Gasteiger partial charge in [-0.3, -0.25) is 4.79 Å². The number of halogens is 1. The second-order valence-corrected chi connectivity index (χ2v) is 3.78. The second-order valence-electron chi connectivity index (χ2n) is 2.09. The van der Waals surface area contributed by atoms with Crippen LogP contribution in [0, 0.1) is 0 Å². The Bertz CT molecular complexity index is 239. The van der Waals surface area contributed by atoms with Crippen LogP contribution in [0.5, 0.6) is 0 Å². The molecule has 0 atom stereocenters. The molecule has 6 heteroatoms. The third kappa shape index (κ3) is 3.02. The molecule has 1 N–H and O–H groups in total. The van der Waals surface area contributed by atoms with Crippen molar-refractivity contribution in [1.29, 1.82) is 0 Å². The van der Waals surface area contributed by atoms with E-state index in [-0.39, 0.29) is 5.91 Å². The van der Waals surface area contributed by atoms with E-state index in [1.807, 2.05) is 0 Å². The number of carbonyl (C=O) groups excluding carboxylic acids is 1. The Kier molecular flexibility index (Phi) is 4.44. The number of hydrogen-bond donors (Lipinski definition) is 1. The van der Waals surface area contributed by atoms with Gasteiger partial charge in [0.05, 0.1) is 0 Å². The van der Waals surface area contributed by atoms with E-state index < -0.39 is 0 Å². The molecule has 4 nitrogen and oxygen atoms in total. The molecule has 0 bridgehead atoms. The van der Waals surface area contributed by atoms with Crippen molar-refractivity contribution in [3.63, 3.8) is 0 Å². The number of amides is 1. The summed E-state index contributed by atoms with van der Waals surface area (Å²) in [6, 6.07) is 0. The van der Waals surface area contributed by atoms with E-state index in [0.717, 1.165) is 10.8 Å². The van der Waals surface area contributed by atoms with Gasteiger partial charge in [0, 0.05) is 16.4 Å². The fourth-order valence-electron chi connectivity index (χ4n) is 0.623. The van der Waals surface area contributed by atoms with E-state index in [0.29, 0.717) is 12.2 Å². The van der Waals surface area contributed by atoms with Crippen LogP contribution in [0.15, 0.2) is 5.38 Å². The van der Waals surface area contributed by atoms with Crippen LogP contribution in [0.2, 0.25) is 0 Å². The Labute approximate surface area is 88.1 Å². The Hall–Kier alpha value is -0.240. The van der Waals surface area contributed by atoms with Crippen LogP contribution in [-0.2, 0) is 0 Å². The molecule has 0 fully saturated rings. The zero-order chi connectivity index (χ0) is 8.81. The quantitative estimate of drug-likeness (QED) is 0.514. The zero-order valence-corrected chi connectivity index (χ0v) is 9.26. The molecule has 66 valence electrons. The predicted octanol–water partition coefficient (Wildman–Crippen LogP) is 1.09. The van der Waals surface area contributed by atoms with Crippen LogP contribution >= 0.6 is 34.1 Å². The highest BCUT2D eigenvalue weighted by molar-refractivity contribution is 14.1. The van der Waals surface area contributed by atoms with Crippen molar-refractivity contribution in [1.82, 2.24) is 14.9 Å². The minimum atomic E-state index is -0.131. The van der Waals surface area contributed by atoms with Crippen molar-refractivity contribution >= 4 is 40.0 Å². The average molecular weight is 297 g/mol. The molecular formula is C6H8IN3OS. The van der Waals surface area contributed by atoms with Crippen LogP contribution in [-0.4, -0.2) is 26.5 Å². The standard InChI is InChI=1S/C6H8IN3OS/c7-2-1-3-8-6(11)5-4-12-10-9-5/h4H,1-3H2,(H,8,11). The van der Waals surface area contributed by atoms with Gasteiger partial charge in [0.1, 0.15) is 0 Å². The lowest BCUT2D eigenvalue weighted by atomic mass is 10.4. The molecule has 0 aliphatic carbocycles. The number of carbonyl (C=O) groups is 1. The summed E-state index contributed by atoms with van der Waals surface area (Å²) >= 11 is 3.45. The maximum Gasteiger partial charge on any atom is 0.272 e. The van der Waals surface area contributed by atoms with E-state index >= 15 is 0 Å². The highest BCUT2D eigenvalue weighted by Crippen LogP contribution is 1.96. The van der Waals surface area contributed by atoms with Crippen molar-refractivity contribution < 1.29 is 4.79 Å². The molecule has 0 aromatic carbocycles. The number of nitrogens with one attached hydrogen (secondary N) is 1. The van der Waals surface area contributed by atoms with E-state index in [9.17, 15) is 4.79 Å². The SMILES string of the molecule is O=C(NCCCI)c1csnn1. The first kappa shape index (κ1) is 9.85. The number of hydrogen-bond acceptors (Lipinski definition) is 4. The van der Waals surface area contributed by atoms with Gasteiger partial charge >= 0.3 is 0 Å². The van der Waals surface area contributed by atoms with Gasteiger partial charge < -0.3 is 5.32 Å². The van der Waals surface area contributed by atoms with Gasteiger partial charge in [-0.05, 0) is 18.0 Å². The number of rotatable bonds is 4. The lowest BCUT2D eigenvalue weighted by Crippen LogP contribution is -2.24. The molecule has 1 aromatic rings. The summed E-state index contributed by atoms with van der Waals surface area (Å²) in [5.74, 6) is -0.131. The first-order valence-corrected chi connectivity index (χ1v) is 5.82. The summed E-state index contributed by atoms with van der Waals surface area (Å²) in [5.41, 5.74) is 0.411. The molecule has 0 unspecified atom stereocenters.